The van der Waals surface area contributed by atoms with Gasteiger partial charge in [-0.15, -0.1) is 0 Å². The number of ketones is 1. The maximum absolute atomic E-state index is 12.0. The van der Waals surface area contributed by atoms with Gasteiger partial charge in [-0.1, -0.05) is 11.6 Å². The van der Waals surface area contributed by atoms with E-state index < -0.39 is 0 Å². The molecular formula is C15H19ClN2O2. The van der Waals surface area contributed by atoms with Gasteiger partial charge in [0.1, 0.15) is 5.78 Å². The third-order valence-corrected chi connectivity index (χ3v) is 3.75. The monoisotopic (exact) mass is 294 g/mol. The van der Waals surface area contributed by atoms with Gasteiger partial charge in [-0.25, -0.2) is 0 Å². The Labute approximate surface area is 124 Å². The lowest BCUT2D eigenvalue weighted by molar-refractivity contribution is -0.120. The van der Waals surface area contributed by atoms with Gasteiger partial charge in [0, 0.05) is 23.2 Å². The lowest BCUT2D eigenvalue weighted by atomic mass is 10.1. The van der Waals surface area contributed by atoms with E-state index in [1.54, 1.807) is 31.2 Å². The number of Topliss-reactive ketones (excluding diaryl/α,β-unsaturated/α-hetero) is 1. The third-order valence-electron chi connectivity index (χ3n) is 3.50. The van der Waals surface area contributed by atoms with E-state index in [1.807, 2.05) is 0 Å². The number of benzene rings is 1. The first kappa shape index (κ1) is 15.0. The summed E-state index contributed by atoms with van der Waals surface area (Å²) >= 11 is 5.80. The van der Waals surface area contributed by atoms with Crippen LogP contribution in [0.1, 0.15) is 26.2 Å². The summed E-state index contributed by atoms with van der Waals surface area (Å²) in [5.41, 5.74) is 0.738. The molecule has 0 spiro atoms. The first-order chi connectivity index (χ1) is 9.54. The van der Waals surface area contributed by atoms with Crippen molar-refractivity contribution in [3.63, 3.8) is 0 Å². The zero-order valence-electron chi connectivity index (χ0n) is 11.6. The summed E-state index contributed by atoms with van der Waals surface area (Å²) < 4.78 is 0. The van der Waals surface area contributed by atoms with Crippen LogP contribution >= 0.6 is 11.6 Å². The van der Waals surface area contributed by atoms with Crippen molar-refractivity contribution < 1.29 is 9.59 Å². The Morgan fingerprint density at radius 3 is 2.70 bits per heavy atom. The van der Waals surface area contributed by atoms with Crippen LogP contribution in [0.5, 0.6) is 0 Å². The van der Waals surface area contributed by atoms with Crippen LogP contribution in [0, 0.1) is 0 Å². The molecule has 5 heteroatoms. The van der Waals surface area contributed by atoms with Gasteiger partial charge >= 0.3 is 0 Å². The molecule has 20 heavy (non-hydrogen) atoms. The molecule has 1 unspecified atom stereocenters. The van der Waals surface area contributed by atoms with E-state index in [0.717, 1.165) is 25.1 Å². The Bertz CT molecular complexity index is 487. The number of carbonyl (C=O) groups is 2. The zero-order chi connectivity index (χ0) is 14.5. The molecule has 108 valence electrons. The fraction of sp³-hybridized carbons (Fsp3) is 0.467. The van der Waals surface area contributed by atoms with Crippen LogP contribution in [0.3, 0.4) is 0 Å². The summed E-state index contributed by atoms with van der Waals surface area (Å²) in [6.45, 7) is 2.82. The lowest BCUT2D eigenvalue weighted by Gasteiger charge is -2.22. The molecule has 4 nitrogen and oxygen atoms in total. The van der Waals surface area contributed by atoms with Crippen molar-refractivity contribution in [3.05, 3.63) is 29.3 Å². The largest absolute Gasteiger partial charge is 0.325 e. The summed E-state index contributed by atoms with van der Waals surface area (Å²) in [6.07, 6.45) is 2.58. The lowest BCUT2D eigenvalue weighted by Crippen LogP contribution is -2.37. The Kier molecular flexibility index (Phi) is 5.15. The van der Waals surface area contributed by atoms with Crippen molar-refractivity contribution >= 4 is 29.0 Å². The normalized spacial score (nSPS) is 19.0. The summed E-state index contributed by atoms with van der Waals surface area (Å²) in [5, 5.41) is 3.49. The number of halogens is 1. The molecule has 1 fully saturated rings. The molecule has 0 aromatic heterocycles. The van der Waals surface area contributed by atoms with Crippen molar-refractivity contribution in [2.24, 2.45) is 0 Å². The maximum Gasteiger partial charge on any atom is 0.238 e. The van der Waals surface area contributed by atoms with Crippen molar-refractivity contribution in [3.8, 4) is 0 Å². The van der Waals surface area contributed by atoms with Crippen LogP contribution in [-0.2, 0) is 9.59 Å². The van der Waals surface area contributed by atoms with Crippen LogP contribution in [0.25, 0.3) is 0 Å². The highest BCUT2D eigenvalue weighted by Crippen LogP contribution is 2.20. The predicted molar refractivity (Wildman–Crippen MR) is 80.0 cm³/mol. The van der Waals surface area contributed by atoms with Crippen LogP contribution in [0.4, 0.5) is 5.69 Å². The average Bonchev–Trinajstić information content (AvgIpc) is 2.78. The molecular weight excluding hydrogens is 276 g/mol. The minimum atomic E-state index is -0.0530. The maximum atomic E-state index is 12.0. The molecule has 2 rings (SSSR count). The molecule has 1 heterocycles. The second kappa shape index (κ2) is 6.86. The van der Waals surface area contributed by atoms with E-state index in [0.29, 0.717) is 18.0 Å². The number of hydrogen-bond acceptors (Lipinski definition) is 3. The Hall–Kier alpha value is -1.39. The van der Waals surface area contributed by atoms with E-state index in [4.69, 9.17) is 11.6 Å². The molecule has 0 bridgehead atoms. The van der Waals surface area contributed by atoms with Crippen molar-refractivity contribution in [1.29, 1.82) is 0 Å². The second-order valence-electron chi connectivity index (χ2n) is 5.23. The first-order valence-electron chi connectivity index (χ1n) is 6.83. The second-order valence-corrected chi connectivity index (χ2v) is 5.66. The third kappa shape index (κ3) is 4.32. The van der Waals surface area contributed by atoms with Gasteiger partial charge in [-0.2, -0.15) is 0 Å². The molecule has 1 aliphatic heterocycles. The topological polar surface area (TPSA) is 49.4 Å². The van der Waals surface area contributed by atoms with E-state index in [-0.39, 0.29) is 17.7 Å². The highest BCUT2D eigenvalue weighted by atomic mass is 35.5. The molecule has 1 N–H and O–H groups in total. The minimum Gasteiger partial charge on any atom is -0.325 e. The molecule has 1 amide bonds. The fourth-order valence-electron chi connectivity index (χ4n) is 2.58. The number of hydrogen-bond donors (Lipinski definition) is 1. The molecule has 0 saturated carbocycles. The molecule has 1 aromatic rings. The van der Waals surface area contributed by atoms with E-state index in [2.05, 4.69) is 10.2 Å². The van der Waals surface area contributed by atoms with Gasteiger partial charge in [-0.3, -0.25) is 14.5 Å². The first-order valence-corrected chi connectivity index (χ1v) is 7.21. The highest BCUT2D eigenvalue weighted by Gasteiger charge is 2.26. The van der Waals surface area contributed by atoms with E-state index >= 15 is 0 Å². The van der Waals surface area contributed by atoms with E-state index in [9.17, 15) is 9.59 Å². The van der Waals surface area contributed by atoms with Crippen molar-refractivity contribution in [1.82, 2.24) is 4.90 Å². The molecule has 1 atom stereocenters. The SMILES string of the molecule is CC(=O)CC1CCCN1CC(=O)Nc1ccc(Cl)cc1. The number of amides is 1. The van der Waals surface area contributed by atoms with Crippen LogP contribution in [0.15, 0.2) is 24.3 Å². The summed E-state index contributed by atoms with van der Waals surface area (Å²) in [6, 6.07) is 7.24. The molecule has 1 aromatic carbocycles. The predicted octanol–water partition coefficient (Wildman–Crippen LogP) is 2.72. The average molecular weight is 295 g/mol. The van der Waals surface area contributed by atoms with Crippen LogP contribution in [-0.4, -0.2) is 35.7 Å². The minimum absolute atomic E-state index is 0.0530. The number of anilines is 1. The van der Waals surface area contributed by atoms with Crippen molar-refractivity contribution in [2.45, 2.75) is 32.2 Å². The van der Waals surface area contributed by atoms with Gasteiger partial charge in [0.2, 0.25) is 5.91 Å². The quantitative estimate of drug-likeness (QED) is 0.908. The van der Waals surface area contributed by atoms with E-state index in [1.165, 1.54) is 0 Å². The number of nitrogens with zero attached hydrogens (tertiary/aromatic N) is 1. The van der Waals surface area contributed by atoms with Gasteiger partial charge in [0.15, 0.2) is 0 Å². The Morgan fingerprint density at radius 1 is 1.35 bits per heavy atom. The molecule has 0 aliphatic carbocycles. The number of likely N-dealkylation sites (tertiary alicyclic amines) is 1. The van der Waals surface area contributed by atoms with Gasteiger partial charge in [0.05, 0.1) is 6.54 Å². The number of carbonyl (C=O) groups excluding carboxylic acids is 2. The highest BCUT2D eigenvalue weighted by molar-refractivity contribution is 6.30. The molecule has 1 saturated heterocycles. The molecule has 0 radical (unpaired) electrons. The summed E-state index contributed by atoms with van der Waals surface area (Å²) in [5.74, 6) is 0.128. The zero-order valence-corrected chi connectivity index (χ0v) is 12.3. The Balaban J connectivity index is 1.87. The van der Waals surface area contributed by atoms with Gasteiger partial charge < -0.3 is 5.32 Å². The molecule has 1 aliphatic rings. The van der Waals surface area contributed by atoms with Crippen LogP contribution in [0.2, 0.25) is 5.02 Å². The fourth-order valence-corrected chi connectivity index (χ4v) is 2.71. The van der Waals surface area contributed by atoms with Gasteiger partial charge in [-0.05, 0) is 50.6 Å². The number of nitrogens with one attached hydrogen (secondary N) is 1. The summed E-state index contributed by atoms with van der Waals surface area (Å²) in [7, 11) is 0. The number of rotatable bonds is 5. The standard InChI is InChI=1S/C15H19ClN2O2/c1-11(19)9-14-3-2-8-18(14)10-15(20)17-13-6-4-12(16)5-7-13/h4-7,14H,2-3,8-10H2,1H3,(H,17,20). The summed E-state index contributed by atoms with van der Waals surface area (Å²) in [4.78, 5) is 25.3. The van der Waals surface area contributed by atoms with Gasteiger partial charge in [0.25, 0.3) is 0 Å². The van der Waals surface area contributed by atoms with Crippen molar-refractivity contribution in [2.75, 3.05) is 18.4 Å². The van der Waals surface area contributed by atoms with Crippen LogP contribution < -0.4 is 5.32 Å². The Morgan fingerprint density at radius 2 is 2.05 bits per heavy atom. The smallest absolute Gasteiger partial charge is 0.238 e.